The number of amides is 1. The minimum Gasteiger partial charge on any atom is -0.316 e. The zero-order chi connectivity index (χ0) is 21.4. The first-order valence-corrected chi connectivity index (χ1v) is 13.5. The summed E-state index contributed by atoms with van der Waals surface area (Å²) in [6.45, 7) is 2.30. The van der Waals surface area contributed by atoms with Gasteiger partial charge in [0.25, 0.3) is 0 Å². The van der Waals surface area contributed by atoms with Crippen molar-refractivity contribution >= 4 is 55.6 Å². The molecule has 0 fully saturated rings. The van der Waals surface area contributed by atoms with Crippen molar-refractivity contribution in [3.05, 3.63) is 32.8 Å². The zero-order valence-corrected chi connectivity index (χ0v) is 19.9. The maximum atomic E-state index is 12.8. The van der Waals surface area contributed by atoms with E-state index < -0.39 is 0 Å². The number of carbonyl (C=O) groups is 1. The predicted octanol–water partition coefficient (Wildman–Crippen LogP) is 5.75. The van der Waals surface area contributed by atoms with Gasteiger partial charge in [-0.2, -0.15) is 5.26 Å². The van der Waals surface area contributed by atoms with Crippen LogP contribution in [0.2, 0.25) is 0 Å². The Kier molecular flexibility index (Phi) is 6.00. The summed E-state index contributed by atoms with van der Waals surface area (Å²) < 4.78 is 0. The fourth-order valence-corrected chi connectivity index (χ4v) is 8.10. The third-order valence-corrected chi connectivity index (χ3v) is 9.54. The number of aryl methyl sites for hydroxylation is 2. The van der Waals surface area contributed by atoms with Gasteiger partial charge in [-0.3, -0.25) is 4.79 Å². The zero-order valence-electron chi connectivity index (χ0n) is 17.5. The van der Waals surface area contributed by atoms with Gasteiger partial charge in [-0.25, -0.2) is 9.97 Å². The lowest BCUT2D eigenvalue weighted by Gasteiger charge is -2.18. The molecule has 2 aliphatic rings. The quantitative estimate of drug-likeness (QED) is 0.300. The molecule has 0 saturated heterocycles. The van der Waals surface area contributed by atoms with Gasteiger partial charge in [-0.05, 0) is 62.0 Å². The van der Waals surface area contributed by atoms with Crippen LogP contribution < -0.4 is 5.32 Å². The monoisotopic (exact) mass is 468 g/mol. The second kappa shape index (κ2) is 8.89. The Morgan fingerprint density at radius 2 is 2.06 bits per heavy atom. The van der Waals surface area contributed by atoms with Crippen LogP contribution in [-0.2, 0) is 30.5 Å². The van der Waals surface area contributed by atoms with Gasteiger partial charge < -0.3 is 5.32 Å². The lowest BCUT2D eigenvalue weighted by Crippen LogP contribution is -2.14. The minimum absolute atomic E-state index is 0.0811. The molecule has 31 heavy (non-hydrogen) atoms. The van der Waals surface area contributed by atoms with E-state index in [1.807, 2.05) is 0 Å². The van der Waals surface area contributed by atoms with E-state index in [0.717, 1.165) is 64.3 Å². The predicted molar refractivity (Wildman–Crippen MR) is 128 cm³/mol. The van der Waals surface area contributed by atoms with Crippen LogP contribution in [0.4, 0.5) is 5.00 Å². The highest BCUT2D eigenvalue weighted by atomic mass is 32.2. The normalized spacial score (nSPS) is 18.1. The third kappa shape index (κ3) is 4.11. The fourth-order valence-electron chi connectivity index (χ4n) is 4.60. The first-order valence-electron chi connectivity index (χ1n) is 10.9. The number of thiophene rings is 2. The first kappa shape index (κ1) is 20.9. The van der Waals surface area contributed by atoms with Gasteiger partial charge in [-0.1, -0.05) is 25.1 Å². The van der Waals surface area contributed by atoms with Crippen molar-refractivity contribution < 1.29 is 4.79 Å². The molecule has 1 N–H and O–H groups in total. The molecule has 3 aromatic rings. The number of nitriles is 1. The van der Waals surface area contributed by atoms with Crippen molar-refractivity contribution in [2.24, 2.45) is 5.92 Å². The lowest BCUT2D eigenvalue weighted by atomic mass is 9.89. The standard InChI is InChI=1S/C23H24N4OS3/c1-13-7-8-15-18(9-13)31-23-20(15)22(25-12-26-23)29-11-19(28)27-21-16(10-24)14-5-3-2-4-6-17(14)30-21/h12-13H,2-9,11H2,1H3,(H,27,28)/t13-/m0/s1. The van der Waals surface area contributed by atoms with Crippen molar-refractivity contribution in [1.82, 2.24) is 9.97 Å². The Morgan fingerprint density at radius 1 is 1.19 bits per heavy atom. The van der Waals surface area contributed by atoms with E-state index in [9.17, 15) is 10.1 Å². The van der Waals surface area contributed by atoms with Crippen LogP contribution in [0, 0.1) is 17.2 Å². The number of nitrogens with one attached hydrogen (secondary N) is 1. The smallest absolute Gasteiger partial charge is 0.235 e. The van der Waals surface area contributed by atoms with Crippen molar-refractivity contribution in [3.8, 4) is 6.07 Å². The summed E-state index contributed by atoms with van der Waals surface area (Å²) in [5.74, 6) is 0.911. The lowest BCUT2D eigenvalue weighted by molar-refractivity contribution is -0.113. The van der Waals surface area contributed by atoms with Gasteiger partial charge in [0.15, 0.2) is 0 Å². The highest BCUT2D eigenvalue weighted by Gasteiger charge is 2.24. The van der Waals surface area contributed by atoms with E-state index >= 15 is 0 Å². The average Bonchev–Trinajstić information content (AvgIpc) is 3.19. The van der Waals surface area contributed by atoms with E-state index in [2.05, 4.69) is 28.3 Å². The Bertz CT molecular complexity index is 1190. The van der Waals surface area contributed by atoms with E-state index in [1.165, 1.54) is 39.9 Å². The number of hydrogen-bond donors (Lipinski definition) is 1. The maximum absolute atomic E-state index is 12.8. The topological polar surface area (TPSA) is 78.7 Å². The second-order valence-electron chi connectivity index (χ2n) is 8.43. The molecule has 160 valence electrons. The van der Waals surface area contributed by atoms with Crippen LogP contribution in [0.1, 0.15) is 59.1 Å². The van der Waals surface area contributed by atoms with Gasteiger partial charge in [0.05, 0.1) is 11.3 Å². The van der Waals surface area contributed by atoms with Crippen LogP contribution in [0.25, 0.3) is 10.2 Å². The molecular formula is C23H24N4OS3. The molecule has 0 radical (unpaired) electrons. The minimum atomic E-state index is -0.0811. The molecule has 0 aromatic carbocycles. The number of rotatable bonds is 4. The highest BCUT2D eigenvalue weighted by Crippen LogP contribution is 2.41. The van der Waals surface area contributed by atoms with Crippen LogP contribution in [0.15, 0.2) is 11.4 Å². The van der Waals surface area contributed by atoms with Gasteiger partial charge >= 0.3 is 0 Å². The number of fused-ring (bicyclic) bond motifs is 4. The molecule has 8 heteroatoms. The first-order chi connectivity index (χ1) is 15.1. The summed E-state index contributed by atoms with van der Waals surface area (Å²) in [6.07, 6.45) is 10.4. The molecular weight excluding hydrogens is 444 g/mol. The molecule has 1 atom stereocenters. The highest BCUT2D eigenvalue weighted by molar-refractivity contribution is 8.00. The summed E-state index contributed by atoms with van der Waals surface area (Å²) >= 11 is 4.83. The molecule has 0 spiro atoms. The van der Waals surface area contributed by atoms with Crippen molar-refractivity contribution in [3.63, 3.8) is 0 Å². The molecule has 0 aliphatic heterocycles. The number of nitrogens with zero attached hydrogens (tertiary/aromatic N) is 3. The Hall–Kier alpha value is -1.95. The van der Waals surface area contributed by atoms with Gasteiger partial charge in [-0.15, -0.1) is 22.7 Å². The fraction of sp³-hybridized carbons (Fsp3) is 0.478. The van der Waals surface area contributed by atoms with E-state index in [1.54, 1.807) is 29.0 Å². The van der Waals surface area contributed by atoms with Gasteiger partial charge in [0.2, 0.25) is 5.91 Å². The molecule has 3 heterocycles. The number of carbonyl (C=O) groups excluding carboxylic acids is 1. The Balaban J connectivity index is 1.33. The van der Waals surface area contributed by atoms with Crippen LogP contribution in [0.3, 0.4) is 0 Å². The summed E-state index contributed by atoms with van der Waals surface area (Å²) in [6, 6.07) is 2.34. The molecule has 0 bridgehead atoms. The van der Waals surface area contributed by atoms with Gasteiger partial charge in [0.1, 0.15) is 27.3 Å². The molecule has 0 unspecified atom stereocenters. The average molecular weight is 469 g/mol. The van der Waals surface area contributed by atoms with Crippen LogP contribution >= 0.6 is 34.4 Å². The number of aromatic nitrogens is 2. The van der Waals surface area contributed by atoms with Crippen molar-refractivity contribution in [1.29, 1.82) is 5.26 Å². The Labute approximate surface area is 194 Å². The van der Waals surface area contributed by atoms with E-state index in [-0.39, 0.29) is 11.7 Å². The maximum Gasteiger partial charge on any atom is 0.235 e. The summed E-state index contributed by atoms with van der Waals surface area (Å²) in [5.41, 5.74) is 3.21. The Morgan fingerprint density at radius 3 is 2.94 bits per heavy atom. The number of thioether (sulfide) groups is 1. The van der Waals surface area contributed by atoms with Crippen LogP contribution in [-0.4, -0.2) is 21.6 Å². The van der Waals surface area contributed by atoms with Crippen molar-refractivity contribution in [2.75, 3.05) is 11.1 Å². The SMILES string of the molecule is C[C@H]1CCc2c(sc3ncnc(SCC(=O)Nc4sc5c(c4C#N)CCCCC5)c23)C1. The molecule has 5 nitrogen and oxygen atoms in total. The second-order valence-corrected chi connectivity index (χ2v) is 11.6. The molecule has 5 rings (SSSR count). The molecule has 3 aromatic heterocycles. The molecule has 0 saturated carbocycles. The van der Waals surface area contributed by atoms with Gasteiger partial charge in [0, 0.05) is 15.1 Å². The summed E-state index contributed by atoms with van der Waals surface area (Å²) in [4.78, 5) is 25.5. The molecule has 1 amide bonds. The number of hydrogen-bond acceptors (Lipinski definition) is 7. The van der Waals surface area contributed by atoms with E-state index in [4.69, 9.17) is 0 Å². The van der Waals surface area contributed by atoms with E-state index in [0.29, 0.717) is 11.5 Å². The summed E-state index contributed by atoms with van der Waals surface area (Å²) in [7, 11) is 0. The van der Waals surface area contributed by atoms with Crippen molar-refractivity contribution in [2.45, 2.75) is 63.3 Å². The van der Waals surface area contributed by atoms with Crippen LogP contribution in [0.5, 0.6) is 0 Å². The number of anilines is 1. The summed E-state index contributed by atoms with van der Waals surface area (Å²) in [5, 5.41) is 15.5. The molecule has 2 aliphatic carbocycles. The third-order valence-electron chi connectivity index (χ3n) is 6.18. The largest absolute Gasteiger partial charge is 0.316 e.